The summed E-state index contributed by atoms with van der Waals surface area (Å²) in [6.07, 6.45) is 6.98. The molecule has 2 amide bonds. The second kappa shape index (κ2) is 14.1. The highest BCUT2D eigenvalue weighted by Crippen LogP contribution is 2.38. The van der Waals surface area contributed by atoms with Crippen molar-refractivity contribution in [1.82, 2.24) is 24.8 Å². The van der Waals surface area contributed by atoms with Crippen molar-refractivity contribution in [1.29, 1.82) is 0 Å². The van der Waals surface area contributed by atoms with Crippen LogP contribution in [0.4, 0.5) is 5.82 Å². The molecule has 2 aromatic carbocycles. The maximum absolute atomic E-state index is 14.2. The summed E-state index contributed by atoms with van der Waals surface area (Å²) in [5.74, 6) is 2.11. The van der Waals surface area contributed by atoms with Crippen LogP contribution in [0.25, 0.3) is 0 Å². The Bertz CT molecular complexity index is 1650. The summed E-state index contributed by atoms with van der Waals surface area (Å²) in [4.78, 5) is 47.1. The second-order valence-electron chi connectivity index (χ2n) is 12.6. The van der Waals surface area contributed by atoms with Crippen molar-refractivity contribution in [3.05, 3.63) is 113 Å². The summed E-state index contributed by atoms with van der Waals surface area (Å²) in [7, 11) is 0. The number of hydrogen-bond acceptors (Lipinski definition) is 7. The monoisotopic (exact) mass is 618 g/mol. The van der Waals surface area contributed by atoms with Gasteiger partial charge in [-0.25, -0.2) is 9.97 Å². The Morgan fingerprint density at radius 3 is 2.39 bits per heavy atom. The number of amides is 2. The Morgan fingerprint density at radius 1 is 0.848 bits per heavy atom. The first kappa shape index (κ1) is 31.2. The lowest BCUT2D eigenvalue weighted by Gasteiger charge is -2.42. The predicted octanol–water partition coefficient (Wildman–Crippen LogP) is 5.73. The van der Waals surface area contributed by atoms with Gasteiger partial charge in [-0.1, -0.05) is 42.5 Å². The molecule has 0 aliphatic carbocycles. The largest absolute Gasteiger partial charge is 0.492 e. The summed E-state index contributed by atoms with van der Waals surface area (Å²) >= 11 is 0. The average Bonchev–Trinajstić information content (AvgIpc) is 3.09. The molecule has 2 aromatic heterocycles. The van der Waals surface area contributed by atoms with Gasteiger partial charge >= 0.3 is 0 Å². The number of carbonyl (C=O) groups is 2. The number of anilines is 1. The van der Waals surface area contributed by atoms with Crippen LogP contribution in [-0.2, 0) is 6.54 Å². The van der Waals surface area contributed by atoms with E-state index in [9.17, 15) is 9.59 Å². The molecule has 0 unspecified atom stereocenters. The third kappa shape index (κ3) is 7.36. The van der Waals surface area contributed by atoms with Crippen LogP contribution in [0.15, 0.2) is 85.2 Å². The fourth-order valence-corrected chi connectivity index (χ4v) is 6.54. The minimum absolute atomic E-state index is 0.0242. The van der Waals surface area contributed by atoms with Crippen LogP contribution in [0.3, 0.4) is 0 Å². The number of carbonyl (C=O) groups excluding carboxylic acids is 2. The third-order valence-electron chi connectivity index (χ3n) is 9.26. The fourth-order valence-electron chi connectivity index (χ4n) is 6.54. The number of piperidine rings is 1. The Kier molecular flexibility index (Phi) is 9.57. The molecule has 9 nitrogen and oxygen atoms in total. The molecule has 2 aliphatic heterocycles. The lowest BCUT2D eigenvalue weighted by Crippen LogP contribution is -2.46. The van der Waals surface area contributed by atoms with Gasteiger partial charge < -0.3 is 19.4 Å². The molecule has 2 aliphatic rings. The molecular formula is C37H42N6O3. The van der Waals surface area contributed by atoms with Crippen molar-refractivity contribution in [2.75, 3.05) is 44.2 Å². The molecule has 0 radical (unpaired) electrons. The van der Waals surface area contributed by atoms with Gasteiger partial charge in [0.25, 0.3) is 11.8 Å². The Hall–Kier alpha value is -4.79. The topological polar surface area (TPSA) is 91.8 Å². The van der Waals surface area contributed by atoms with Crippen LogP contribution in [0.1, 0.15) is 63.5 Å². The number of ether oxygens (including phenoxy) is 1. The molecule has 1 saturated heterocycles. The predicted molar refractivity (Wildman–Crippen MR) is 178 cm³/mol. The van der Waals surface area contributed by atoms with E-state index >= 15 is 0 Å². The van der Waals surface area contributed by atoms with Crippen molar-refractivity contribution >= 4 is 17.6 Å². The Morgan fingerprint density at radius 2 is 1.61 bits per heavy atom. The van der Waals surface area contributed by atoms with E-state index < -0.39 is 0 Å². The molecule has 0 atom stereocenters. The summed E-state index contributed by atoms with van der Waals surface area (Å²) in [5, 5.41) is 0. The number of rotatable bonds is 4. The molecule has 0 bridgehead atoms. The average molecular weight is 619 g/mol. The van der Waals surface area contributed by atoms with Gasteiger partial charge in [0.2, 0.25) is 0 Å². The Balaban J connectivity index is 1.28. The highest BCUT2D eigenvalue weighted by Gasteiger charge is 2.38. The van der Waals surface area contributed by atoms with Crippen molar-refractivity contribution in [2.24, 2.45) is 5.41 Å². The zero-order chi connectivity index (χ0) is 31.9. The molecular weight excluding hydrogens is 576 g/mol. The lowest BCUT2D eigenvalue weighted by atomic mass is 9.75. The van der Waals surface area contributed by atoms with E-state index in [1.807, 2.05) is 84.3 Å². The van der Waals surface area contributed by atoms with Crippen LogP contribution < -0.4 is 9.64 Å². The molecule has 0 saturated carbocycles. The number of likely N-dealkylation sites (tertiary alicyclic amines) is 1. The molecule has 0 N–H and O–H groups in total. The maximum atomic E-state index is 14.2. The van der Waals surface area contributed by atoms with Crippen LogP contribution in [0, 0.1) is 19.3 Å². The minimum Gasteiger partial charge on any atom is -0.492 e. The van der Waals surface area contributed by atoms with Crippen molar-refractivity contribution in [2.45, 2.75) is 46.1 Å². The van der Waals surface area contributed by atoms with E-state index in [4.69, 9.17) is 9.72 Å². The maximum Gasteiger partial charge on any atom is 0.272 e. The number of nitrogens with zero attached hydrogens (tertiary/aromatic N) is 6. The lowest BCUT2D eigenvalue weighted by molar-refractivity contribution is 0.0360. The molecule has 1 fully saturated rings. The molecule has 6 rings (SSSR count). The number of aryl methyl sites for hydroxylation is 2. The molecule has 1 spiro atoms. The molecule has 4 heterocycles. The van der Waals surface area contributed by atoms with Crippen LogP contribution in [0.2, 0.25) is 0 Å². The Labute approximate surface area is 271 Å². The number of para-hydroxylation sites is 1. The number of pyridine rings is 1. The SMILES string of the molecule is Cc1ccnc(C(=O)N2CCC3(CCCN(c4ccnc(C)n4)CCN(Cc4ccccc4)C(=O)c4ccccc4OC3)CC2)c1. The normalized spacial score (nSPS) is 17.3. The molecule has 46 heavy (non-hydrogen) atoms. The van der Waals surface area contributed by atoms with E-state index in [1.54, 1.807) is 12.4 Å². The number of aromatic nitrogens is 3. The second-order valence-corrected chi connectivity index (χ2v) is 12.6. The summed E-state index contributed by atoms with van der Waals surface area (Å²) in [6.45, 7) is 8.08. The summed E-state index contributed by atoms with van der Waals surface area (Å²) in [6, 6.07) is 23.4. The van der Waals surface area contributed by atoms with E-state index in [1.165, 1.54) is 0 Å². The summed E-state index contributed by atoms with van der Waals surface area (Å²) < 4.78 is 6.59. The van der Waals surface area contributed by atoms with E-state index in [0.717, 1.165) is 55.0 Å². The van der Waals surface area contributed by atoms with E-state index in [-0.39, 0.29) is 17.2 Å². The van der Waals surface area contributed by atoms with Gasteiger partial charge in [-0.15, -0.1) is 0 Å². The number of benzene rings is 2. The van der Waals surface area contributed by atoms with Gasteiger partial charge in [-0.05, 0) is 81.0 Å². The quantitative estimate of drug-likeness (QED) is 0.288. The van der Waals surface area contributed by atoms with E-state index in [0.29, 0.717) is 56.3 Å². The first-order valence-corrected chi connectivity index (χ1v) is 16.2. The standard InChI is InChI=1S/C37H42N6O3/c1-28-13-18-39-32(25-28)36(45)42-21-16-37(17-22-42)15-8-20-41(34-14-19-38-29(2)40-34)23-24-43(26-30-9-4-3-5-10-30)35(44)31-11-6-7-12-33(31)46-27-37/h3-7,9-14,18-19,25H,8,15-17,20-24,26-27H2,1-2H3. The van der Waals surface area contributed by atoms with Crippen molar-refractivity contribution in [3.8, 4) is 5.75 Å². The highest BCUT2D eigenvalue weighted by molar-refractivity contribution is 5.97. The number of hydrogen-bond donors (Lipinski definition) is 0. The zero-order valence-corrected chi connectivity index (χ0v) is 26.8. The first-order chi connectivity index (χ1) is 22.4. The van der Waals surface area contributed by atoms with Crippen LogP contribution in [-0.4, -0.2) is 75.9 Å². The van der Waals surface area contributed by atoms with Crippen molar-refractivity contribution < 1.29 is 14.3 Å². The van der Waals surface area contributed by atoms with Gasteiger partial charge in [-0.2, -0.15) is 0 Å². The van der Waals surface area contributed by atoms with Gasteiger partial charge in [0.15, 0.2) is 0 Å². The van der Waals surface area contributed by atoms with Crippen LogP contribution >= 0.6 is 0 Å². The van der Waals surface area contributed by atoms with Crippen LogP contribution in [0.5, 0.6) is 5.75 Å². The first-order valence-electron chi connectivity index (χ1n) is 16.2. The molecule has 238 valence electrons. The molecule has 9 heteroatoms. The fraction of sp³-hybridized carbons (Fsp3) is 0.378. The van der Waals surface area contributed by atoms with Gasteiger partial charge in [0.05, 0.1) is 12.2 Å². The zero-order valence-electron chi connectivity index (χ0n) is 26.8. The highest BCUT2D eigenvalue weighted by atomic mass is 16.5. The smallest absolute Gasteiger partial charge is 0.272 e. The van der Waals surface area contributed by atoms with Gasteiger partial charge in [0.1, 0.15) is 23.1 Å². The van der Waals surface area contributed by atoms with Gasteiger partial charge in [0, 0.05) is 57.1 Å². The molecule has 4 aromatic rings. The minimum atomic E-state index is -0.141. The third-order valence-corrected chi connectivity index (χ3v) is 9.26. The number of fused-ring (bicyclic) bond motifs is 1. The van der Waals surface area contributed by atoms with Crippen molar-refractivity contribution in [3.63, 3.8) is 0 Å². The van der Waals surface area contributed by atoms with Gasteiger partial charge in [-0.3, -0.25) is 14.6 Å². The van der Waals surface area contributed by atoms with E-state index in [2.05, 4.69) is 27.0 Å². The summed E-state index contributed by atoms with van der Waals surface area (Å²) in [5.41, 5.74) is 3.01.